The minimum atomic E-state index is -0.288. The van der Waals surface area contributed by atoms with Crippen LogP contribution < -0.4 is 11.1 Å². The maximum Gasteiger partial charge on any atom is 0.271 e. The van der Waals surface area contributed by atoms with E-state index in [1.807, 2.05) is 0 Å². The highest BCUT2D eigenvalue weighted by Gasteiger charge is 2.06. The fourth-order valence-electron chi connectivity index (χ4n) is 1.17. The van der Waals surface area contributed by atoms with Gasteiger partial charge in [0.2, 0.25) is 0 Å². The fourth-order valence-corrected chi connectivity index (χ4v) is 1.17. The van der Waals surface area contributed by atoms with E-state index < -0.39 is 0 Å². The van der Waals surface area contributed by atoms with Crippen molar-refractivity contribution in [2.45, 2.75) is 19.8 Å². The number of nitrogen functional groups attached to an aromatic ring is 1. The first-order chi connectivity index (χ1) is 8.24. The number of nitrogens with zero attached hydrogens (tertiary/aromatic N) is 2. The minimum Gasteiger partial charge on any atom is -0.382 e. The second-order valence-corrected chi connectivity index (χ2v) is 3.55. The zero-order valence-corrected chi connectivity index (χ0v) is 9.98. The van der Waals surface area contributed by atoms with Crippen LogP contribution in [0.15, 0.2) is 12.4 Å². The molecule has 0 bridgehead atoms. The molecule has 0 atom stereocenters. The van der Waals surface area contributed by atoms with Gasteiger partial charge in [0.1, 0.15) is 11.5 Å². The summed E-state index contributed by atoms with van der Waals surface area (Å²) in [6.07, 6.45) is 4.91. The van der Waals surface area contributed by atoms with E-state index in [4.69, 9.17) is 10.5 Å². The Morgan fingerprint density at radius 1 is 1.47 bits per heavy atom. The number of rotatable bonds is 7. The Labute approximate surface area is 101 Å². The molecule has 0 unspecified atom stereocenters. The van der Waals surface area contributed by atoms with Gasteiger partial charge in [-0.2, -0.15) is 0 Å². The van der Waals surface area contributed by atoms with E-state index in [0.717, 1.165) is 19.4 Å². The van der Waals surface area contributed by atoms with Crippen molar-refractivity contribution < 1.29 is 9.53 Å². The lowest BCUT2D eigenvalue weighted by atomic mass is 10.4. The predicted molar refractivity (Wildman–Crippen MR) is 64.5 cm³/mol. The number of nitrogens with one attached hydrogen (secondary N) is 1. The minimum absolute atomic E-state index is 0.221. The highest BCUT2D eigenvalue weighted by molar-refractivity contribution is 5.92. The van der Waals surface area contributed by atoms with Crippen molar-refractivity contribution in [3.8, 4) is 0 Å². The van der Waals surface area contributed by atoms with E-state index in [2.05, 4.69) is 22.2 Å². The molecule has 0 aliphatic heterocycles. The molecule has 0 saturated carbocycles. The molecule has 1 aromatic heterocycles. The first-order valence-corrected chi connectivity index (χ1v) is 5.67. The highest BCUT2D eigenvalue weighted by Crippen LogP contribution is 1.96. The average Bonchev–Trinajstić information content (AvgIpc) is 2.33. The lowest BCUT2D eigenvalue weighted by Gasteiger charge is -2.05. The van der Waals surface area contributed by atoms with Crippen molar-refractivity contribution in [2.24, 2.45) is 0 Å². The van der Waals surface area contributed by atoms with E-state index in [-0.39, 0.29) is 17.4 Å². The number of nitrogens with two attached hydrogens (primary N) is 1. The summed E-state index contributed by atoms with van der Waals surface area (Å²) < 4.78 is 5.31. The first-order valence-electron chi connectivity index (χ1n) is 5.67. The molecule has 0 saturated heterocycles. The second kappa shape index (κ2) is 7.56. The molecule has 0 aliphatic rings. The zero-order valence-electron chi connectivity index (χ0n) is 9.98. The quantitative estimate of drug-likeness (QED) is 0.679. The van der Waals surface area contributed by atoms with Gasteiger partial charge in [-0.1, -0.05) is 13.3 Å². The van der Waals surface area contributed by atoms with Gasteiger partial charge in [-0.15, -0.1) is 0 Å². The smallest absolute Gasteiger partial charge is 0.271 e. The van der Waals surface area contributed by atoms with Crippen LogP contribution in [0.2, 0.25) is 0 Å². The molecule has 1 heterocycles. The van der Waals surface area contributed by atoms with Crippen LogP contribution in [-0.2, 0) is 4.74 Å². The van der Waals surface area contributed by atoms with Gasteiger partial charge in [0.05, 0.1) is 19.0 Å². The summed E-state index contributed by atoms with van der Waals surface area (Å²) in [4.78, 5) is 19.2. The molecule has 1 aromatic rings. The zero-order chi connectivity index (χ0) is 12.5. The Hall–Kier alpha value is -1.69. The number of aromatic nitrogens is 2. The molecular weight excluding hydrogens is 220 g/mol. The maximum atomic E-state index is 11.6. The first kappa shape index (κ1) is 13.4. The third-order valence-electron chi connectivity index (χ3n) is 2.06. The molecule has 0 aliphatic carbocycles. The highest BCUT2D eigenvalue weighted by atomic mass is 16.5. The Morgan fingerprint density at radius 3 is 3.00 bits per heavy atom. The standard InChI is InChI=1S/C11H18N4O2/c1-2-3-5-17-6-4-14-11(16)9-7-13-8-10(12)15-9/h7-8H,2-6H2,1H3,(H2,12,15)(H,14,16). The SMILES string of the molecule is CCCCOCCNC(=O)c1cncc(N)n1. The molecule has 1 amide bonds. The van der Waals surface area contributed by atoms with Gasteiger partial charge in [-0.25, -0.2) is 4.98 Å². The van der Waals surface area contributed by atoms with Gasteiger partial charge >= 0.3 is 0 Å². The topological polar surface area (TPSA) is 90.1 Å². The monoisotopic (exact) mass is 238 g/mol. The molecule has 6 nitrogen and oxygen atoms in total. The van der Waals surface area contributed by atoms with Crippen molar-refractivity contribution in [1.82, 2.24) is 15.3 Å². The molecule has 0 fully saturated rings. The molecular formula is C11H18N4O2. The Balaban J connectivity index is 2.21. The number of anilines is 1. The summed E-state index contributed by atoms with van der Waals surface area (Å²) in [5.74, 6) is -0.0549. The molecule has 0 aromatic carbocycles. The normalized spacial score (nSPS) is 10.2. The molecule has 3 N–H and O–H groups in total. The lowest BCUT2D eigenvalue weighted by Crippen LogP contribution is -2.28. The van der Waals surface area contributed by atoms with Gasteiger partial charge in [0.15, 0.2) is 0 Å². The van der Waals surface area contributed by atoms with Crippen molar-refractivity contribution in [1.29, 1.82) is 0 Å². The molecule has 17 heavy (non-hydrogen) atoms. The summed E-state index contributed by atoms with van der Waals surface area (Å²) in [7, 11) is 0. The summed E-state index contributed by atoms with van der Waals surface area (Å²) in [6.45, 7) is 3.79. The second-order valence-electron chi connectivity index (χ2n) is 3.55. The Bertz CT molecular complexity index is 357. The number of hydrogen-bond donors (Lipinski definition) is 2. The van der Waals surface area contributed by atoms with E-state index in [9.17, 15) is 4.79 Å². The van der Waals surface area contributed by atoms with Crippen LogP contribution in [0.5, 0.6) is 0 Å². The van der Waals surface area contributed by atoms with Crippen molar-refractivity contribution in [3.05, 3.63) is 18.1 Å². The van der Waals surface area contributed by atoms with Gasteiger partial charge < -0.3 is 15.8 Å². The Kier molecular flexibility index (Phi) is 5.95. The lowest BCUT2D eigenvalue weighted by molar-refractivity contribution is 0.0908. The number of ether oxygens (including phenoxy) is 1. The van der Waals surface area contributed by atoms with E-state index >= 15 is 0 Å². The molecule has 0 radical (unpaired) electrons. The van der Waals surface area contributed by atoms with E-state index in [1.165, 1.54) is 12.4 Å². The number of hydrogen-bond acceptors (Lipinski definition) is 5. The summed E-state index contributed by atoms with van der Waals surface area (Å²) in [5, 5.41) is 2.68. The largest absolute Gasteiger partial charge is 0.382 e. The van der Waals surface area contributed by atoms with Gasteiger partial charge in [-0.3, -0.25) is 9.78 Å². The summed E-state index contributed by atoms with van der Waals surface area (Å²) in [5.41, 5.74) is 5.65. The van der Waals surface area contributed by atoms with Crippen molar-refractivity contribution in [3.63, 3.8) is 0 Å². The van der Waals surface area contributed by atoms with E-state index in [0.29, 0.717) is 13.2 Å². The number of unbranched alkanes of at least 4 members (excludes halogenated alkanes) is 1. The van der Waals surface area contributed by atoms with Crippen LogP contribution in [0.3, 0.4) is 0 Å². The molecule has 0 spiro atoms. The molecule has 6 heteroatoms. The van der Waals surface area contributed by atoms with Gasteiger partial charge in [0.25, 0.3) is 5.91 Å². The van der Waals surface area contributed by atoms with Crippen LogP contribution in [0.25, 0.3) is 0 Å². The van der Waals surface area contributed by atoms with Crippen molar-refractivity contribution in [2.75, 3.05) is 25.5 Å². The third kappa shape index (κ3) is 5.26. The van der Waals surface area contributed by atoms with Gasteiger partial charge in [0, 0.05) is 13.2 Å². The van der Waals surface area contributed by atoms with E-state index in [1.54, 1.807) is 0 Å². The third-order valence-corrected chi connectivity index (χ3v) is 2.06. The number of amides is 1. The predicted octanol–water partition coefficient (Wildman–Crippen LogP) is 0.605. The summed E-state index contributed by atoms with van der Waals surface area (Å²) >= 11 is 0. The Morgan fingerprint density at radius 2 is 2.29 bits per heavy atom. The number of carbonyl (C=O) groups is 1. The van der Waals surface area contributed by atoms with Crippen molar-refractivity contribution >= 4 is 11.7 Å². The fraction of sp³-hybridized carbons (Fsp3) is 0.545. The summed E-state index contributed by atoms with van der Waals surface area (Å²) in [6, 6.07) is 0. The van der Waals surface area contributed by atoms with Crippen LogP contribution in [0.1, 0.15) is 30.3 Å². The van der Waals surface area contributed by atoms with Gasteiger partial charge in [-0.05, 0) is 6.42 Å². The molecule has 1 rings (SSSR count). The van der Waals surface area contributed by atoms with Crippen LogP contribution >= 0.6 is 0 Å². The van der Waals surface area contributed by atoms with Crippen LogP contribution in [0.4, 0.5) is 5.82 Å². The molecule has 94 valence electrons. The maximum absolute atomic E-state index is 11.6. The average molecular weight is 238 g/mol. The van der Waals surface area contributed by atoms with Crippen LogP contribution in [0, 0.1) is 0 Å². The van der Waals surface area contributed by atoms with Crippen LogP contribution in [-0.4, -0.2) is 35.6 Å². The number of carbonyl (C=O) groups excluding carboxylic acids is 1.